The van der Waals surface area contributed by atoms with E-state index < -0.39 is 0 Å². The number of amides is 1. The van der Waals surface area contributed by atoms with Crippen molar-refractivity contribution in [1.29, 1.82) is 0 Å². The van der Waals surface area contributed by atoms with Gasteiger partial charge in [0.05, 0.1) is 5.56 Å². The van der Waals surface area contributed by atoms with Crippen molar-refractivity contribution >= 4 is 11.6 Å². The number of benzene rings is 1. The normalized spacial score (nSPS) is 9.40. The lowest BCUT2D eigenvalue weighted by molar-refractivity contribution is 0.0959. The van der Waals surface area contributed by atoms with Gasteiger partial charge in [-0.15, -0.1) is 0 Å². The Morgan fingerprint density at radius 2 is 2.40 bits per heavy atom. The maximum absolute atomic E-state index is 11.5. The van der Waals surface area contributed by atoms with Crippen LogP contribution in [-0.4, -0.2) is 19.6 Å². The van der Waals surface area contributed by atoms with Gasteiger partial charge in [-0.2, -0.15) is 0 Å². The van der Waals surface area contributed by atoms with E-state index in [0.29, 0.717) is 23.6 Å². The summed E-state index contributed by atoms with van der Waals surface area (Å²) in [6.07, 6.45) is 1.62. The SMILES string of the molecule is C=CCOc1ccc(N)cc1C(=O)NC. The molecule has 0 aliphatic heterocycles. The number of hydrogen-bond acceptors (Lipinski definition) is 3. The van der Waals surface area contributed by atoms with E-state index in [1.807, 2.05) is 0 Å². The molecule has 0 aliphatic carbocycles. The predicted octanol–water partition coefficient (Wildman–Crippen LogP) is 1.19. The lowest BCUT2D eigenvalue weighted by Gasteiger charge is -2.09. The van der Waals surface area contributed by atoms with E-state index in [2.05, 4.69) is 11.9 Å². The first kappa shape index (κ1) is 11.1. The van der Waals surface area contributed by atoms with E-state index in [9.17, 15) is 4.79 Å². The van der Waals surface area contributed by atoms with Crippen molar-refractivity contribution in [3.63, 3.8) is 0 Å². The Morgan fingerprint density at radius 1 is 1.67 bits per heavy atom. The molecule has 0 atom stereocenters. The second kappa shape index (κ2) is 5.05. The van der Waals surface area contributed by atoms with Gasteiger partial charge in [-0.05, 0) is 18.2 Å². The highest BCUT2D eigenvalue weighted by Gasteiger charge is 2.10. The molecule has 15 heavy (non-hydrogen) atoms. The average molecular weight is 206 g/mol. The zero-order valence-electron chi connectivity index (χ0n) is 8.62. The summed E-state index contributed by atoms with van der Waals surface area (Å²) in [7, 11) is 1.56. The molecule has 0 spiro atoms. The van der Waals surface area contributed by atoms with Gasteiger partial charge in [-0.1, -0.05) is 12.7 Å². The van der Waals surface area contributed by atoms with Crippen LogP contribution in [0.4, 0.5) is 5.69 Å². The van der Waals surface area contributed by atoms with E-state index in [-0.39, 0.29) is 5.91 Å². The fraction of sp³-hybridized carbons (Fsp3) is 0.182. The molecule has 0 saturated heterocycles. The molecule has 1 aromatic carbocycles. The zero-order chi connectivity index (χ0) is 11.3. The molecule has 0 aliphatic rings. The van der Waals surface area contributed by atoms with Crippen molar-refractivity contribution in [2.75, 3.05) is 19.4 Å². The molecule has 4 nitrogen and oxygen atoms in total. The monoisotopic (exact) mass is 206 g/mol. The van der Waals surface area contributed by atoms with Gasteiger partial charge < -0.3 is 15.8 Å². The van der Waals surface area contributed by atoms with E-state index in [4.69, 9.17) is 10.5 Å². The van der Waals surface area contributed by atoms with Crippen LogP contribution in [0.1, 0.15) is 10.4 Å². The van der Waals surface area contributed by atoms with Gasteiger partial charge in [0.25, 0.3) is 5.91 Å². The van der Waals surface area contributed by atoms with Crippen molar-refractivity contribution in [2.24, 2.45) is 0 Å². The second-order valence-electron chi connectivity index (χ2n) is 2.93. The molecule has 3 N–H and O–H groups in total. The van der Waals surface area contributed by atoms with E-state index in [1.54, 1.807) is 31.3 Å². The van der Waals surface area contributed by atoms with Crippen LogP contribution in [0, 0.1) is 0 Å². The van der Waals surface area contributed by atoms with Crippen LogP contribution in [0.25, 0.3) is 0 Å². The van der Waals surface area contributed by atoms with Crippen LogP contribution in [0.2, 0.25) is 0 Å². The summed E-state index contributed by atoms with van der Waals surface area (Å²) in [5.41, 5.74) is 6.55. The first-order valence-corrected chi connectivity index (χ1v) is 4.54. The number of nitrogens with one attached hydrogen (secondary N) is 1. The minimum absolute atomic E-state index is 0.221. The highest BCUT2D eigenvalue weighted by atomic mass is 16.5. The molecule has 80 valence electrons. The lowest BCUT2D eigenvalue weighted by atomic mass is 10.1. The number of nitrogens with two attached hydrogens (primary N) is 1. The highest BCUT2D eigenvalue weighted by Crippen LogP contribution is 2.21. The zero-order valence-corrected chi connectivity index (χ0v) is 8.62. The Hall–Kier alpha value is -1.97. The molecule has 1 rings (SSSR count). The molecule has 0 radical (unpaired) electrons. The molecule has 0 saturated carbocycles. The Kier molecular flexibility index (Phi) is 3.74. The number of hydrogen-bond donors (Lipinski definition) is 2. The van der Waals surface area contributed by atoms with Crippen molar-refractivity contribution < 1.29 is 9.53 Å². The van der Waals surface area contributed by atoms with Gasteiger partial charge in [0, 0.05) is 12.7 Å². The number of ether oxygens (including phenoxy) is 1. The molecule has 0 bridgehead atoms. The van der Waals surface area contributed by atoms with Crippen LogP contribution in [0.3, 0.4) is 0 Å². The molecule has 1 aromatic rings. The van der Waals surface area contributed by atoms with Crippen LogP contribution in [0.15, 0.2) is 30.9 Å². The molecule has 0 aromatic heterocycles. The van der Waals surface area contributed by atoms with E-state index >= 15 is 0 Å². The summed E-state index contributed by atoms with van der Waals surface area (Å²) in [6.45, 7) is 3.89. The van der Waals surface area contributed by atoms with Crippen LogP contribution >= 0.6 is 0 Å². The number of rotatable bonds is 4. The Bertz CT molecular complexity index is 375. The first-order chi connectivity index (χ1) is 7.19. The van der Waals surface area contributed by atoms with Crippen molar-refractivity contribution in [3.8, 4) is 5.75 Å². The lowest BCUT2D eigenvalue weighted by Crippen LogP contribution is -2.19. The predicted molar refractivity (Wildman–Crippen MR) is 59.9 cm³/mol. The summed E-state index contributed by atoms with van der Waals surface area (Å²) < 4.78 is 5.33. The quantitative estimate of drug-likeness (QED) is 0.574. The standard InChI is InChI=1S/C11H14N2O2/c1-3-6-15-10-5-4-8(12)7-9(10)11(14)13-2/h3-5,7H,1,6,12H2,2H3,(H,13,14). The fourth-order valence-corrected chi connectivity index (χ4v) is 1.13. The van der Waals surface area contributed by atoms with Crippen molar-refractivity contribution in [2.45, 2.75) is 0 Å². The van der Waals surface area contributed by atoms with Gasteiger partial charge in [0.15, 0.2) is 0 Å². The summed E-state index contributed by atoms with van der Waals surface area (Å²) >= 11 is 0. The number of anilines is 1. The third-order valence-electron chi connectivity index (χ3n) is 1.83. The molecule has 4 heteroatoms. The summed E-state index contributed by atoms with van der Waals surface area (Å²) in [6, 6.07) is 4.94. The Labute approximate surface area is 88.7 Å². The van der Waals surface area contributed by atoms with Gasteiger partial charge in [0.1, 0.15) is 12.4 Å². The molecular formula is C11H14N2O2. The highest BCUT2D eigenvalue weighted by molar-refractivity contribution is 5.97. The fourth-order valence-electron chi connectivity index (χ4n) is 1.13. The second-order valence-corrected chi connectivity index (χ2v) is 2.93. The minimum atomic E-state index is -0.221. The van der Waals surface area contributed by atoms with Crippen LogP contribution in [0.5, 0.6) is 5.75 Å². The summed E-state index contributed by atoms with van der Waals surface area (Å²) in [5, 5.41) is 2.52. The van der Waals surface area contributed by atoms with Gasteiger partial charge in [0.2, 0.25) is 0 Å². The Morgan fingerprint density at radius 3 is 3.00 bits per heavy atom. The summed E-state index contributed by atoms with van der Waals surface area (Å²) in [4.78, 5) is 11.5. The Balaban J connectivity index is 3.02. The van der Waals surface area contributed by atoms with Crippen LogP contribution < -0.4 is 15.8 Å². The number of carbonyl (C=O) groups is 1. The van der Waals surface area contributed by atoms with Crippen molar-refractivity contribution in [1.82, 2.24) is 5.32 Å². The average Bonchev–Trinajstić information content (AvgIpc) is 2.26. The number of carbonyl (C=O) groups excluding carboxylic acids is 1. The van der Waals surface area contributed by atoms with Gasteiger partial charge in [-0.25, -0.2) is 0 Å². The number of nitrogen functional groups attached to an aromatic ring is 1. The molecule has 0 heterocycles. The third-order valence-corrected chi connectivity index (χ3v) is 1.83. The smallest absolute Gasteiger partial charge is 0.254 e. The van der Waals surface area contributed by atoms with Gasteiger partial charge in [-0.3, -0.25) is 4.79 Å². The van der Waals surface area contributed by atoms with Crippen LogP contribution in [-0.2, 0) is 0 Å². The minimum Gasteiger partial charge on any atom is -0.489 e. The molecule has 0 unspecified atom stereocenters. The molecule has 0 fully saturated rings. The maximum Gasteiger partial charge on any atom is 0.254 e. The maximum atomic E-state index is 11.5. The largest absolute Gasteiger partial charge is 0.489 e. The van der Waals surface area contributed by atoms with Crippen molar-refractivity contribution in [3.05, 3.63) is 36.4 Å². The van der Waals surface area contributed by atoms with E-state index in [1.165, 1.54) is 0 Å². The first-order valence-electron chi connectivity index (χ1n) is 4.54. The third kappa shape index (κ3) is 2.74. The topological polar surface area (TPSA) is 64.3 Å². The van der Waals surface area contributed by atoms with E-state index in [0.717, 1.165) is 0 Å². The molecule has 1 amide bonds. The summed E-state index contributed by atoms with van der Waals surface area (Å²) in [5.74, 6) is 0.282. The molecular weight excluding hydrogens is 192 g/mol. The van der Waals surface area contributed by atoms with Gasteiger partial charge >= 0.3 is 0 Å².